The molecule has 0 saturated carbocycles. The number of nitrogens with zero attached hydrogens (tertiary/aromatic N) is 3. The Kier molecular flexibility index (Phi) is 8.47. The predicted molar refractivity (Wildman–Crippen MR) is 153 cm³/mol. The Labute approximate surface area is 227 Å². The summed E-state index contributed by atoms with van der Waals surface area (Å²) in [4.78, 5) is 5.42. The van der Waals surface area contributed by atoms with Crippen LogP contribution in [0, 0.1) is 28.1 Å². The molecule has 180 valence electrons. The Morgan fingerprint density at radius 2 is 1.27 bits per heavy atom. The van der Waals surface area contributed by atoms with E-state index < -0.39 is 17.4 Å². The molecule has 2 unspecified atom stereocenters. The summed E-state index contributed by atoms with van der Waals surface area (Å²) in [6.45, 7) is 3.88. The Morgan fingerprint density at radius 3 is 1.76 bits per heavy atom. The van der Waals surface area contributed by atoms with Crippen molar-refractivity contribution in [2.45, 2.75) is 18.4 Å². The molecule has 0 aliphatic rings. The second-order valence-corrected chi connectivity index (χ2v) is 9.61. The average molecular weight is 544 g/mol. The summed E-state index contributed by atoms with van der Waals surface area (Å²) in [5.74, 6) is -0.567. The van der Waals surface area contributed by atoms with Gasteiger partial charge >= 0.3 is 0 Å². The van der Waals surface area contributed by atoms with Gasteiger partial charge in [0.15, 0.2) is 5.41 Å². The standard InChI is InChI=1S/C33H26BrN3/c1-2-22-33(23-35,24-36)30(25-14-6-3-7-15-25)32(28-20-12-13-21-29(28)34)37-31(26-16-8-4-9-17-26)27-18-10-5-11-19-27/h2-21,30,32H,1,22H2. The van der Waals surface area contributed by atoms with E-state index in [0.29, 0.717) is 0 Å². The zero-order valence-electron chi connectivity index (χ0n) is 20.3. The third kappa shape index (κ3) is 5.61. The minimum atomic E-state index is -1.38. The third-order valence-corrected chi connectivity index (χ3v) is 7.18. The Bertz CT molecular complexity index is 1390. The monoisotopic (exact) mass is 543 g/mol. The van der Waals surface area contributed by atoms with Crippen molar-refractivity contribution < 1.29 is 0 Å². The van der Waals surface area contributed by atoms with Crippen LogP contribution in [0.15, 0.2) is 137 Å². The highest BCUT2D eigenvalue weighted by molar-refractivity contribution is 9.10. The number of benzene rings is 4. The molecule has 0 bridgehead atoms. The van der Waals surface area contributed by atoms with Gasteiger partial charge in [-0.25, -0.2) is 0 Å². The average Bonchev–Trinajstić information content (AvgIpc) is 2.96. The number of halogens is 1. The number of hydrogen-bond acceptors (Lipinski definition) is 3. The van der Waals surface area contributed by atoms with Crippen LogP contribution in [-0.4, -0.2) is 5.71 Å². The zero-order valence-corrected chi connectivity index (χ0v) is 21.9. The van der Waals surface area contributed by atoms with Crippen molar-refractivity contribution in [3.8, 4) is 12.1 Å². The van der Waals surface area contributed by atoms with E-state index in [0.717, 1.165) is 32.4 Å². The van der Waals surface area contributed by atoms with Gasteiger partial charge in [0.05, 0.1) is 23.9 Å². The van der Waals surface area contributed by atoms with E-state index in [2.05, 4.69) is 34.6 Å². The lowest BCUT2D eigenvalue weighted by Crippen LogP contribution is -2.30. The van der Waals surface area contributed by atoms with Crippen molar-refractivity contribution in [1.29, 1.82) is 10.5 Å². The quantitative estimate of drug-likeness (QED) is 0.157. The lowest BCUT2D eigenvalue weighted by Gasteiger charge is -2.34. The summed E-state index contributed by atoms with van der Waals surface area (Å²) in [6.07, 6.45) is 1.86. The molecule has 4 rings (SSSR count). The van der Waals surface area contributed by atoms with E-state index in [9.17, 15) is 10.5 Å². The highest BCUT2D eigenvalue weighted by Gasteiger charge is 2.45. The molecule has 4 heteroatoms. The SMILES string of the molecule is C=CCC(C#N)(C#N)C(c1ccccc1)C(N=C(c1ccccc1)c1ccccc1)c1ccccc1Br. The van der Waals surface area contributed by atoms with Gasteiger partial charge in [-0.05, 0) is 23.6 Å². The maximum Gasteiger partial charge on any atom is 0.156 e. The van der Waals surface area contributed by atoms with Crippen LogP contribution < -0.4 is 0 Å². The van der Waals surface area contributed by atoms with Gasteiger partial charge < -0.3 is 0 Å². The summed E-state index contributed by atoms with van der Waals surface area (Å²) < 4.78 is 0.869. The molecule has 0 radical (unpaired) electrons. The van der Waals surface area contributed by atoms with E-state index in [1.54, 1.807) is 6.08 Å². The van der Waals surface area contributed by atoms with Crippen LogP contribution in [0.4, 0.5) is 0 Å². The first kappa shape index (κ1) is 25.8. The Morgan fingerprint density at radius 1 is 0.784 bits per heavy atom. The molecule has 3 nitrogen and oxygen atoms in total. The van der Waals surface area contributed by atoms with E-state index in [4.69, 9.17) is 4.99 Å². The van der Waals surface area contributed by atoms with E-state index in [1.807, 2.05) is 115 Å². The second-order valence-electron chi connectivity index (χ2n) is 8.75. The van der Waals surface area contributed by atoms with Gasteiger partial charge in [-0.3, -0.25) is 4.99 Å². The normalized spacial score (nSPS) is 12.4. The molecule has 0 aliphatic carbocycles. The maximum absolute atomic E-state index is 10.5. The van der Waals surface area contributed by atoms with Gasteiger partial charge in [-0.2, -0.15) is 10.5 Å². The molecule has 0 saturated heterocycles. The summed E-state index contributed by atoms with van der Waals surface area (Å²) in [6, 6.07) is 41.9. The molecule has 4 aromatic rings. The number of allylic oxidation sites excluding steroid dienone is 1. The maximum atomic E-state index is 10.5. The fourth-order valence-corrected chi connectivity index (χ4v) is 5.21. The largest absolute Gasteiger partial charge is 0.275 e. The number of nitriles is 2. The minimum Gasteiger partial charge on any atom is -0.275 e. The van der Waals surface area contributed by atoms with E-state index in [-0.39, 0.29) is 6.42 Å². The van der Waals surface area contributed by atoms with Crippen LogP contribution in [0.25, 0.3) is 0 Å². The molecule has 0 aliphatic heterocycles. The fraction of sp³-hybridized carbons (Fsp3) is 0.121. The van der Waals surface area contributed by atoms with Crippen LogP contribution >= 0.6 is 15.9 Å². The zero-order chi connectivity index (χ0) is 26.1. The molecule has 0 amide bonds. The molecule has 0 heterocycles. The first-order valence-electron chi connectivity index (χ1n) is 12.0. The number of hydrogen-bond donors (Lipinski definition) is 0. The molecule has 0 fully saturated rings. The molecule has 4 aromatic carbocycles. The van der Waals surface area contributed by atoms with Crippen LogP contribution in [0.5, 0.6) is 0 Å². The lowest BCUT2D eigenvalue weighted by atomic mass is 9.67. The van der Waals surface area contributed by atoms with Crippen LogP contribution in [0.3, 0.4) is 0 Å². The molecule has 0 spiro atoms. The summed E-state index contributed by atoms with van der Waals surface area (Å²) >= 11 is 3.73. The molecule has 2 atom stereocenters. The smallest absolute Gasteiger partial charge is 0.156 e. The van der Waals surface area contributed by atoms with Crippen molar-refractivity contribution >= 4 is 21.6 Å². The van der Waals surface area contributed by atoms with Crippen LogP contribution in [0.1, 0.15) is 40.6 Å². The fourth-order valence-electron chi connectivity index (χ4n) is 4.69. The molecular formula is C33H26BrN3. The topological polar surface area (TPSA) is 59.9 Å². The summed E-state index contributed by atoms with van der Waals surface area (Å²) in [5.41, 5.74) is 3.11. The van der Waals surface area contributed by atoms with Crippen molar-refractivity contribution in [1.82, 2.24) is 0 Å². The van der Waals surface area contributed by atoms with Crippen molar-refractivity contribution in [3.63, 3.8) is 0 Å². The van der Waals surface area contributed by atoms with Crippen LogP contribution in [0.2, 0.25) is 0 Å². The van der Waals surface area contributed by atoms with Crippen LogP contribution in [-0.2, 0) is 0 Å². The number of rotatable bonds is 9. The van der Waals surface area contributed by atoms with Gasteiger partial charge in [0, 0.05) is 21.5 Å². The lowest BCUT2D eigenvalue weighted by molar-refractivity contribution is 0.360. The van der Waals surface area contributed by atoms with Gasteiger partial charge in [0.25, 0.3) is 0 Å². The first-order valence-corrected chi connectivity index (χ1v) is 12.8. The van der Waals surface area contributed by atoms with Crippen molar-refractivity contribution in [3.05, 3.63) is 155 Å². The molecule has 0 aromatic heterocycles. The van der Waals surface area contributed by atoms with E-state index in [1.165, 1.54) is 0 Å². The summed E-state index contributed by atoms with van der Waals surface area (Å²) in [5, 5.41) is 21.0. The third-order valence-electron chi connectivity index (χ3n) is 6.46. The van der Waals surface area contributed by atoms with Gasteiger partial charge in [-0.1, -0.05) is 131 Å². The Balaban J connectivity index is 2.08. The number of aliphatic imine (C=N–C) groups is 1. The summed E-state index contributed by atoms with van der Waals surface area (Å²) in [7, 11) is 0. The van der Waals surface area contributed by atoms with Gasteiger partial charge in [0.1, 0.15) is 0 Å². The molecule has 0 N–H and O–H groups in total. The molecule has 37 heavy (non-hydrogen) atoms. The van der Waals surface area contributed by atoms with Gasteiger partial charge in [0.2, 0.25) is 0 Å². The Hall–Kier alpha value is -4.25. The second kappa shape index (κ2) is 12.1. The van der Waals surface area contributed by atoms with E-state index >= 15 is 0 Å². The minimum absolute atomic E-state index is 0.210. The first-order chi connectivity index (χ1) is 18.1. The predicted octanol–water partition coefficient (Wildman–Crippen LogP) is 8.42. The van der Waals surface area contributed by atoms with Crippen molar-refractivity contribution in [2.24, 2.45) is 10.4 Å². The highest BCUT2D eigenvalue weighted by atomic mass is 79.9. The molecular weight excluding hydrogens is 518 g/mol. The van der Waals surface area contributed by atoms with Gasteiger partial charge in [-0.15, -0.1) is 6.58 Å². The van der Waals surface area contributed by atoms with Crippen molar-refractivity contribution in [2.75, 3.05) is 0 Å². The highest BCUT2D eigenvalue weighted by Crippen LogP contribution is 2.50.